The Bertz CT molecular complexity index is 499. The van der Waals surface area contributed by atoms with E-state index in [1.807, 2.05) is 0 Å². The van der Waals surface area contributed by atoms with Gasteiger partial charge in [0.15, 0.2) is 0 Å². The van der Waals surface area contributed by atoms with Crippen molar-refractivity contribution in [1.29, 1.82) is 0 Å². The van der Waals surface area contributed by atoms with Crippen molar-refractivity contribution in [2.75, 3.05) is 0 Å². The van der Waals surface area contributed by atoms with E-state index in [-0.39, 0.29) is 11.2 Å². The zero-order chi connectivity index (χ0) is 12.3. The minimum Gasteiger partial charge on any atom is -0.301 e. The first-order valence-electron chi connectivity index (χ1n) is 6.51. The van der Waals surface area contributed by atoms with E-state index in [1.165, 1.54) is 25.7 Å². The minimum absolute atomic E-state index is 0.177. The molecule has 0 saturated heterocycles. The highest BCUT2D eigenvalue weighted by Gasteiger charge is 2.13. The van der Waals surface area contributed by atoms with Crippen molar-refractivity contribution in [1.82, 2.24) is 9.55 Å². The van der Waals surface area contributed by atoms with Gasteiger partial charge in [0.05, 0.1) is 0 Å². The SMILES string of the molecule is Cn1c2c(c(=O)[nH]c1=O)CCCCCCCC2. The van der Waals surface area contributed by atoms with Gasteiger partial charge in [0.25, 0.3) is 5.56 Å². The number of fused-ring (bicyclic) bond motifs is 1. The van der Waals surface area contributed by atoms with Crippen LogP contribution in [0.1, 0.15) is 49.8 Å². The molecule has 0 amide bonds. The molecule has 0 saturated carbocycles. The fourth-order valence-corrected chi connectivity index (χ4v) is 2.59. The summed E-state index contributed by atoms with van der Waals surface area (Å²) in [6.45, 7) is 0. The first-order chi connectivity index (χ1) is 8.20. The Morgan fingerprint density at radius 3 is 2.24 bits per heavy atom. The highest BCUT2D eigenvalue weighted by Crippen LogP contribution is 2.15. The third-order valence-corrected chi connectivity index (χ3v) is 3.64. The molecular weight excluding hydrogens is 216 g/mol. The van der Waals surface area contributed by atoms with Gasteiger partial charge in [-0.15, -0.1) is 0 Å². The standard InChI is InChI=1S/C13H20N2O2/c1-15-11-9-7-5-3-2-4-6-8-10(11)12(16)14-13(15)17/h2-9H2,1H3,(H,14,16,17). The lowest BCUT2D eigenvalue weighted by Crippen LogP contribution is -2.34. The minimum atomic E-state index is -0.286. The van der Waals surface area contributed by atoms with E-state index in [2.05, 4.69) is 4.98 Å². The van der Waals surface area contributed by atoms with Crippen molar-refractivity contribution in [3.05, 3.63) is 32.1 Å². The zero-order valence-corrected chi connectivity index (χ0v) is 10.4. The molecule has 0 unspecified atom stereocenters. The molecule has 1 aliphatic carbocycles. The van der Waals surface area contributed by atoms with Gasteiger partial charge in [0.1, 0.15) is 0 Å². The van der Waals surface area contributed by atoms with Crippen molar-refractivity contribution in [3.63, 3.8) is 0 Å². The molecule has 0 bridgehead atoms. The third kappa shape index (κ3) is 2.68. The first kappa shape index (κ1) is 12.1. The van der Waals surface area contributed by atoms with Crippen LogP contribution in [0.15, 0.2) is 9.59 Å². The number of aromatic nitrogens is 2. The van der Waals surface area contributed by atoms with Crippen LogP contribution in [0.5, 0.6) is 0 Å². The second-order valence-electron chi connectivity index (χ2n) is 4.86. The molecule has 0 spiro atoms. The van der Waals surface area contributed by atoms with Gasteiger partial charge in [0.2, 0.25) is 0 Å². The second-order valence-corrected chi connectivity index (χ2v) is 4.86. The summed E-state index contributed by atoms with van der Waals surface area (Å²) in [5.41, 5.74) is 1.31. The molecule has 1 heterocycles. The van der Waals surface area contributed by atoms with Crippen LogP contribution >= 0.6 is 0 Å². The lowest BCUT2D eigenvalue weighted by Gasteiger charge is -2.14. The molecule has 0 aromatic carbocycles. The Morgan fingerprint density at radius 2 is 1.53 bits per heavy atom. The van der Waals surface area contributed by atoms with Crippen LogP contribution in [-0.2, 0) is 19.9 Å². The Morgan fingerprint density at radius 1 is 0.941 bits per heavy atom. The van der Waals surface area contributed by atoms with Crippen LogP contribution in [0, 0.1) is 0 Å². The molecule has 1 N–H and O–H groups in total. The summed E-state index contributed by atoms with van der Waals surface area (Å²) in [6.07, 6.45) is 8.69. The molecule has 2 rings (SSSR count). The van der Waals surface area contributed by atoms with Crippen LogP contribution in [-0.4, -0.2) is 9.55 Å². The smallest absolute Gasteiger partial charge is 0.301 e. The number of aromatic amines is 1. The lowest BCUT2D eigenvalue weighted by molar-refractivity contribution is 0.558. The van der Waals surface area contributed by atoms with Gasteiger partial charge in [-0.2, -0.15) is 0 Å². The second kappa shape index (κ2) is 5.34. The average molecular weight is 236 g/mol. The van der Waals surface area contributed by atoms with Crippen molar-refractivity contribution in [2.45, 2.75) is 51.4 Å². The lowest BCUT2D eigenvalue weighted by atomic mass is 9.98. The summed E-state index contributed by atoms with van der Waals surface area (Å²) >= 11 is 0. The van der Waals surface area contributed by atoms with E-state index >= 15 is 0 Å². The van der Waals surface area contributed by atoms with Crippen LogP contribution in [0.25, 0.3) is 0 Å². The summed E-state index contributed by atoms with van der Waals surface area (Å²) in [7, 11) is 1.75. The van der Waals surface area contributed by atoms with E-state index in [0.717, 1.165) is 36.9 Å². The molecule has 0 radical (unpaired) electrons. The molecule has 1 aliphatic rings. The van der Waals surface area contributed by atoms with Crippen molar-refractivity contribution in [3.8, 4) is 0 Å². The van der Waals surface area contributed by atoms with Gasteiger partial charge in [-0.3, -0.25) is 9.78 Å². The summed E-state index contributed by atoms with van der Waals surface area (Å²) in [6, 6.07) is 0. The van der Waals surface area contributed by atoms with Gasteiger partial charge >= 0.3 is 5.69 Å². The van der Waals surface area contributed by atoms with Gasteiger partial charge in [-0.1, -0.05) is 25.7 Å². The van der Waals surface area contributed by atoms with E-state index in [0.29, 0.717) is 0 Å². The van der Waals surface area contributed by atoms with Crippen molar-refractivity contribution >= 4 is 0 Å². The summed E-state index contributed by atoms with van der Waals surface area (Å²) < 4.78 is 1.61. The predicted molar refractivity (Wildman–Crippen MR) is 67.4 cm³/mol. The number of H-pyrrole nitrogens is 1. The predicted octanol–water partition coefficient (Wildman–Crippen LogP) is 1.51. The van der Waals surface area contributed by atoms with Crippen LogP contribution in [0.4, 0.5) is 0 Å². The Balaban J connectivity index is 2.44. The van der Waals surface area contributed by atoms with E-state index in [4.69, 9.17) is 0 Å². The molecular formula is C13H20N2O2. The normalized spacial score (nSPS) is 17.5. The molecule has 4 nitrogen and oxygen atoms in total. The average Bonchev–Trinajstić information content (AvgIpc) is 2.32. The number of nitrogens with zero attached hydrogens (tertiary/aromatic N) is 1. The van der Waals surface area contributed by atoms with Gasteiger partial charge in [0, 0.05) is 18.3 Å². The topological polar surface area (TPSA) is 54.9 Å². The number of nitrogens with one attached hydrogen (secondary N) is 1. The maximum atomic E-state index is 11.8. The number of hydrogen-bond donors (Lipinski definition) is 1. The fraction of sp³-hybridized carbons (Fsp3) is 0.692. The number of hydrogen-bond acceptors (Lipinski definition) is 2. The highest BCUT2D eigenvalue weighted by atomic mass is 16.2. The Labute approximate surface area is 101 Å². The molecule has 0 aliphatic heterocycles. The van der Waals surface area contributed by atoms with Crippen LogP contribution < -0.4 is 11.2 Å². The quantitative estimate of drug-likeness (QED) is 0.742. The maximum Gasteiger partial charge on any atom is 0.328 e. The first-order valence-corrected chi connectivity index (χ1v) is 6.51. The Kier molecular flexibility index (Phi) is 3.82. The maximum absolute atomic E-state index is 11.8. The van der Waals surface area contributed by atoms with Crippen molar-refractivity contribution in [2.24, 2.45) is 7.05 Å². The third-order valence-electron chi connectivity index (χ3n) is 3.64. The Hall–Kier alpha value is -1.32. The van der Waals surface area contributed by atoms with Gasteiger partial charge in [-0.05, 0) is 25.7 Å². The summed E-state index contributed by atoms with van der Waals surface area (Å²) in [5.74, 6) is 0. The largest absolute Gasteiger partial charge is 0.328 e. The molecule has 17 heavy (non-hydrogen) atoms. The monoisotopic (exact) mass is 236 g/mol. The number of rotatable bonds is 0. The molecule has 94 valence electrons. The van der Waals surface area contributed by atoms with E-state index in [1.54, 1.807) is 11.6 Å². The van der Waals surface area contributed by atoms with Crippen LogP contribution in [0.2, 0.25) is 0 Å². The summed E-state index contributed by atoms with van der Waals surface area (Å²) in [4.78, 5) is 25.8. The molecule has 0 atom stereocenters. The van der Waals surface area contributed by atoms with Crippen molar-refractivity contribution < 1.29 is 0 Å². The van der Waals surface area contributed by atoms with E-state index < -0.39 is 0 Å². The van der Waals surface area contributed by atoms with Gasteiger partial charge < -0.3 is 4.57 Å². The molecule has 4 heteroatoms. The fourth-order valence-electron chi connectivity index (χ4n) is 2.59. The molecule has 1 aromatic rings. The van der Waals surface area contributed by atoms with Gasteiger partial charge in [-0.25, -0.2) is 4.79 Å². The van der Waals surface area contributed by atoms with E-state index in [9.17, 15) is 9.59 Å². The van der Waals surface area contributed by atoms with Crippen LogP contribution in [0.3, 0.4) is 0 Å². The molecule has 0 fully saturated rings. The summed E-state index contributed by atoms with van der Waals surface area (Å²) in [5, 5.41) is 0. The molecule has 1 aromatic heterocycles. The highest BCUT2D eigenvalue weighted by molar-refractivity contribution is 5.18. The zero-order valence-electron chi connectivity index (χ0n) is 10.4.